The van der Waals surface area contributed by atoms with E-state index >= 15 is 0 Å². The van der Waals surface area contributed by atoms with Crippen molar-refractivity contribution in [3.05, 3.63) is 106 Å². The third-order valence-electron chi connectivity index (χ3n) is 4.88. The molecule has 2 atom stereocenters. The summed E-state index contributed by atoms with van der Waals surface area (Å²) in [5, 5.41) is 1.28. The molecule has 3 aromatic rings. The van der Waals surface area contributed by atoms with E-state index in [1.165, 1.54) is 0 Å². The number of carbonyl (C=O) groups is 1. The predicted molar refractivity (Wildman–Crippen MR) is 114 cm³/mol. The third kappa shape index (κ3) is 4.14. The Labute approximate surface area is 179 Å². The van der Waals surface area contributed by atoms with Crippen LogP contribution in [0, 0.1) is 0 Å². The number of benzene rings is 2. The second kappa shape index (κ2) is 8.27. The van der Waals surface area contributed by atoms with Crippen molar-refractivity contribution in [1.82, 2.24) is 9.88 Å². The highest BCUT2D eigenvalue weighted by molar-refractivity contribution is 6.30. The van der Waals surface area contributed by atoms with Gasteiger partial charge in [0.1, 0.15) is 6.10 Å². The fourth-order valence-electron chi connectivity index (χ4n) is 3.42. The fraction of sp³-hybridized carbons (Fsp3) is 0.130. The summed E-state index contributed by atoms with van der Waals surface area (Å²) in [6.45, 7) is 0. The first-order valence-corrected chi connectivity index (χ1v) is 9.85. The van der Waals surface area contributed by atoms with Gasteiger partial charge in [-0.2, -0.15) is 0 Å². The SMILES string of the molecule is CN1C(=O)/C(=C/c2cccnc2)O[C@@H](c2ccc(Cl)cc2)[C@H]1c1ccc(Cl)cc1. The average Bonchev–Trinajstić information content (AvgIpc) is 2.74. The number of rotatable bonds is 3. The third-order valence-corrected chi connectivity index (χ3v) is 5.39. The van der Waals surface area contributed by atoms with Crippen molar-refractivity contribution in [2.24, 2.45) is 0 Å². The summed E-state index contributed by atoms with van der Waals surface area (Å²) in [5.74, 6) is 0.0738. The lowest BCUT2D eigenvalue weighted by atomic mass is 9.92. The molecule has 0 saturated carbocycles. The second-order valence-corrected chi connectivity index (χ2v) is 7.67. The van der Waals surface area contributed by atoms with Gasteiger partial charge in [-0.25, -0.2) is 0 Å². The van der Waals surface area contributed by atoms with Gasteiger partial charge in [0.25, 0.3) is 5.91 Å². The molecule has 0 N–H and O–H groups in total. The van der Waals surface area contributed by atoms with Gasteiger partial charge < -0.3 is 9.64 Å². The van der Waals surface area contributed by atoms with Crippen LogP contribution in [0.1, 0.15) is 28.8 Å². The van der Waals surface area contributed by atoms with Gasteiger partial charge >= 0.3 is 0 Å². The molecule has 1 aliphatic heterocycles. The average molecular weight is 425 g/mol. The lowest BCUT2D eigenvalue weighted by Crippen LogP contribution is -2.42. The maximum absolute atomic E-state index is 13.1. The summed E-state index contributed by atoms with van der Waals surface area (Å²) in [6.07, 6.45) is 4.68. The van der Waals surface area contributed by atoms with E-state index in [9.17, 15) is 4.79 Å². The number of aromatic nitrogens is 1. The van der Waals surface area contributed by atoms with E-state index in [0.29, 0.717) is 10.0 Å². The smallest absolute Gasteiger partial charge is 0.289 e. The molecular weight excluding hydrogens is 407 g/mol. The number of amides is 1. The van der Waals surface area contributed by atoms with E-state index in [0.717, 1.165) is 16.7 Å². The lowest BCUT2D eigenvalue weighted by Gasteiger charge is -2.40. The number of pyridine rings is 1. The van der Waals surface area contributed by atoms with Crippen molar-refractivity contribution in [1.29, 1.82) is 0 Å². The molecule has 1 fully saturated rings. The van der Waals surface area contributed by atoms with Gasteiger partial charge in [-0.05, 0) is 53.1 Å². The van der Waals surface area contributed by atoms with Gasteiger partial charge in [0.05, 0.1) is 6.04 Å². The largest absolute Gasteiger partial charge is 0.477 e. The van der Waals surface area contributed by atoms with Crippen molar-refractivity contribution >= 4 is 35.2 Å². The van der Waals surface area contributed by atoms with Crippen LogP contribution in [0.15, 0.2) is 78.8 Å². The van der Waals surface area contributed by atoms with Crippen LogP contribution < -0.4 is 0 Å². The molecule has 146 valence electrons. The van der Waals surface area contributed by atoms with E-state index in [1.807, 2.05) is 60.7 Å². The summed E-state index contributed by atoms with van der Waals surface area (Å²) in [4.78, 5) is 18.9. The Morgan fingerprint density at radius 3 is 2.17 bits per heavy atom. The van der Waals surface area contributed by atoms with E-state index in [1.54, 1.807) is 30.4 Å². The van der Waals surface area contributed by atoms with Crippen LogP contribution in [0.2, 0.25) is 10.0 Å². The maximum Gasteiger partial charge on any atom is 0.289 e. The molecule has 6 heteroatoms. The van der Waals surface area contributed by atoms with Gasteiger partial charge in [-0.1, -0.05) is 53.5 Å². The molecule has 0 bridgehead atoms. The fourth-order valence-corrected chi connectivity index (χ4v) is 3.68. The minimum Gasteiger partial charge on any atom is -0.477 e. The lowest BCUT2D eigenvalue weighted by molar-refractivity contribution is -0.144. The Hall–Kier alpha value is -2.82. The van der Waals surface area contributed by atoms with Gasteiger partial charge in [-0.3, -0.25) is 9.78 Å². The number of hydrogen-bond acceptors (Lipinski definition) is 3. The summed E-state index contributed by atoms with van der Waals surface area (Å²) < 4.78 is 6.26. The van der Waals surface area contributed by atoms with Crippen molar-refractivity contribution in [3.63, 3.8) is 0 Å². The van der Waals surface area contributed by atoms with Crippen molar-refractivity contribution in [2.75, 3.05) is 7.05 Å². The van der Waals surface area contributed by atoms with Gasteiger partial charge in [0.15, 0.2) is 5.76 Å². The predicted octanol–water partition coefficient (Wildman–Crippen LogP) is 5.70. The molecule has 0 unspecified atom stereocenters. The first kappa shape index (κ1) is 19.5. The van der Waals surface area contributed by atoms with Crippen LogP contribution in [0.4, 0.5) is 0 Å². The highest BCUT2D eigenvalue weighted by atomic mass is 35.5. The van der Waals surface area contributed by atoms with Gasteiger partial charge in [-0.15, -0.1) is 0 Å². The number of halogens is 2. The molecule has 1 saturated heterocycles. The van der Waals surface area contributed by atoms with Crippen molar-refractivity contribution in [2.45, 2.75) is 12.1 Å². The van der Waals surface area contributed by atoms with Crippen LogP contribution in [0.25, 0.3) is 6.08 Å². The number of likely N-dealkylation sites (N-methyl/N-ethyl adjacent to an activating group) is 1. The Balaban J connectivity index is 1.78. The van der Waals surface area contributed by atoms with Gasteiger partial charge in [0, 0.05) is 29.5 Å². The Bertz CT molecular complexity index is 1030. The minimum absolute atomic E-state index is 0.195. The van der Waals surface area contributed by atoms with Crippen LogP contribution in [-0.2, 0) is 9.53 Å². The monoisotopic (exact) mass is 424 g/mol. The topological polar surface area (TPSA) is 42.4 Å². The number of ether oxygens (including phenoxy) is 1. The molecule has 4 rings (SSSR count). The zero-order chi connectivity index (χ0) is 20.4. The molecule has 1 aromatic heterocycles. The summed E-state index contributed by atoms with van der Waals surface area (Å²) >= 11 is 12.1. The van der Waals surface area contributed by atoms with Crippen LogP contribution >= 0.6 is 23.2 Å². The highest BCUT2D eigenvalue weighted by Gasteiger charge is 2.40. The molecule has 1 amide bonds. The van der Waals surface area contributed by atoms with Crippen LogP contribution in [-0.4, -0.2) is 22.8 Å². The molecule has 0 radical (unpaired) electrons. The Morgan fingerprint density at radius 1 is 0.966 bits per heavy atom. The van der Waals surface area contributed by atoms with E-state index in [-0.39, 0.29) is 17.7 Å². The number of hydrogen-bond donors (Lipinski definition) is 0. The van der Waals surface area contributed by atoms with E-state index < -0.39 is 6.10 Å². The number of carbonyl (C=O) groups excluding carboxylic acids is 1. The van der Waals surface area contributed by atoms with Crippen LogP contribution in [0.3, 0.4) is 0 Å². The quantitative estimate of drug-likeness (QED) is 0.506. The zero-order valence-electron chi connectivity index (χ0n) is 15.6. The molecule has 2 heterocycles. The normalized spacial score (nSPS) is 20.6. The molecule has 4 nitrogen and oxygen atoms in total. The zero-order valence-corrected chi connectivity index (χ0v) is 17.1. The van der Waals surface area contributed by atoms with Crippen molar-refractivity contribution < 1.29 is 9.53 Å². The molecule has 0 spiro atoms. The first-order chi connectivity index (χ1) is 14.0. The molecule has 29 heavy (non-hydrogen) atoms. The maximum atomic E-state index is 13.1. The minimum atomic E-state index is -0.404. The summed E-state index contributed by atoms with van der Waals surface area (Å²) in [7, 11) is 1.78. The molecule has 0 aliphatic carbocycles. The molecular formula is C23H18Cl2N2O2. The second-order valence-electron chi connectivity index (χ2n) is 6.80. The Kier molecular flexibility index (Phi) is 5.56. The highest BCUT2D eigenvalue weighted by Crippen LogP contribution is 2.43. The number of nitrogens with zero attached hydrogens (tertiary/aromatic N) is 2. The molecule has 2 aromatic carbocycles. The summed E-state index contributed by atoms with van der Waals surface area (Å²) in [5.41, 5.74) is 2.65. The molecule has 1 aliphatic rings. The summed E-state index contributed by atoms with van der Waals surface area (Å²) in [6, 6.07) is 18.3. The van der Waals surface area contributed by atoms with Crippen molar-refractivity contribution in [3.8, 4) is 0 Å². The van der Waals surface area contributed by atoms with Gasteiger partial charge in [0.2, 0.25) is 0 Å². The first-order valence-electron chi connectivity index (χ1n) is 9.09. The van der Waals surface area contributed by atoms with Crippen LogP contribution in [0.5, 0.6) is 0 Å². The Morgan fingerprint density at radius 2 is 1.59 bits per heavy atom. The number of morpholine rings is 1. The van der Waals surface area contributed by atoms with E-state index in [4.69, 9.17) is 27.9 Å². The standard InChI is InChI=1S/C23H18Cl2N2O2/c1-27-21(16-4-8-18(24)9-5-16)22(17-6-10-19(25)11-7-17)29-20(23(27)28)13-15-3-2-12-26-14-15/h2-14,21-22H,1H3/b20-13-/t21-,22+/m1/s1. The van der Waals surface area contributed by atoms with E-state index in [2.05, 4.69) is 4.98 Å².